The zero-order chi connectivity index (χ0) is 29.4. The summed E-state index contributed by atoms with van der Waals surface area (Å²) in [6.45, 7) is 0. The maximum atomic E-state index is 13.6. The number of hydrogen-bond donors (Lipinski definition) is 0. The van der Waals surface area contributed by atoms with Crippen LogP contribution in [-0.4, -0.2) is 13.0 Å². The zero-order valence-electron chi connectivity index (χ0n) is 21.2. The topological polar surface area (TPSA) is 17.1 Å². The van der Waals surface area contributed by atoms with Crippen LogP contribution < -0.4 is 0 Å². The molecule has 0 radical (unpaired) electrons. The molecule has 0 aliphatic rings. The van der Waals surface area contributed by atoms with Crippen molar-refractivity contribution in [2.24, 2.45) is 0 Å². The number of carbonyl (C=O) groups excluding carboxylic acids is 1. The summed E-state index contributed by atoms with van der Waals surface area (Å²) in [7, 11) is -6.52. The highest BCUT2D eigenvalue weighted by atomic mass is 32.2. The second-order valence-electron chi connectivity index (χ2n) is 8.47. The van der Waals surface area contributed by atoms with Crippen LogP contribution in [0.4, 0.5) is 26.0 Å². The lowest BCUT2D eigenvalue weighted by molar-refractivity contribution is 0.103. The smallest absolute Gasteiger partial charge is 0.418 e. The van der Waals surface area contributed by atoms with Crippen LogP contribution in [0.15, 0.2) is 152 Å². The highest BCUT2D eigenvalue weighted by Crippen LogP contribution is 2.35. The Bertz CT molecular complexity index is 1530. The fraction of sp³-hybridized carbons (Fsp3) is 0. The van der Waals surface area contributed by atoms with Gasteiger partial charge in [0.2, 0.25) is 0 Å². The Hall–Kier alpha value is -3.89. The second-order valence-corrected chi connectivity index (χ2v) is 11.6. The fourth-order valence-electron chi connectivity index (χ4n) is 3.81. The number of halogens is 6. The van der Waals surface area contributed by atoms with Crippen molar-refractivity contribution in [3.05, 3.63) is 150 Å². The zero-order valence-corrected chi connectivity index (χ0v) is 22.8. The molecule has 5 aromatic carbocycles. The molecular formula is C31H21BF6OS2. The summed E-state index contributed by atoms with van der Waals surface area (Å²) >= 11 is 1.54. The molecule has 0 fully saturated rings. The highest BCUT2D eigenvalue weighted by molar-refractivity contribution is 7.99. The van der Waals surface area contributed by atoms with Crippen LogP contribution in [0.2, 0.25) is 0 Å². The summed E-state index contributed by atoms with van der Waals surface area (Å²) in [5.74, 6) is -0.599. The lowest BCUT2D eigenvalue weighted by Gasteiger charge is -2.10. The normalized spacial score (nSPS) is 11.1. The molecule has 0 spiro atoms. The van der Waals surface area contributed by atoms with Crippen molar-refractivity contribution >= 4 is 35.7 Å². The Morgan fingerprint density at radius 1 is 0.561 bits per heavy atom. The molecular weight excluding hydrogens is 577 g/mol. The first kappa shape index (κ1) is 30.1. The van der Waals surface area contributed by atoms with Crippen molar-refractivity contribution in [2.45, 2.75) is 24.5 Å². The third-order valence-corrected chi connectivity index (χ3v) is 8.87. The monoisotopic (exact) mass is 598 g/mol. The Morgan fingerprint density at radius 2 is 0.976 bits per heavy atom. The minimum atomic E-state index is -6.00. The van der Waals surface area contributed by atoms with Crippen LogP contribution in [0.3, 0.4) is 0 Å². The highest BCUT2D eigenvalue weighted by Gasteiger charge is 2.29. The molecule has 0 saturated carbocycles. The minimum absolute atomic E-state index is 0.00974. The third kappa shape index (κ3) is 8.80. The van der Waals surface area contributed by atoms with E-state index < -0.39 is 18.1 Å². The fourth-order valence-corrected chi connectivity index (χ4v) is 6.79. The van der Waals surface area contributed by atoms with Crippen molar-refractivity contribution in [2.75, 3.05) is 0 Å². The standard InChI is InChI=1S/C31H21F2OS2.BF4/c32-23-10-16-26(17-11-23)36(27-18-12-24(33)13-19-27)28-20-14-25(15-21-28)35-30-9-5-4-8-29(30)31(34)22-6-2-1-3-7-22;2-1(3,4)5/h1-21H;/q+1;-1. The Morgan fingerprint density at radius 3 is 1.46 bits per heavy atom. The molecule has 0 aliphatic heterocycles. The van der Waals surface area contributed by atoms with Crippen LogP contribution in [0.5, 0.6) is 0 Å². The molecule has 0 N–H and O–H groups in total. The van der Waals surface area contributed by atoms with Gasteiger partial charge in [-0.2, -0.15) is 0 Å². The van der Waals surface area contributed by atoms with Gasteiger partial charge in [-0.15, -0.1) is 0 Å². The van der Waals surface area contributed by atoms with Crippen molar-refractivity contribution in [3.63, 3.8) is 0 Å². The van der Waals surface area contributed by atoms with Gasteiger partial charge < -0.3 is 17.3 Å². The molecule has 0 heterocycles. The van der Waals surface area contributed by atoms with Crippen molar-refractivity contribution < 1.29 is 30.8 Å². The van der Waals surface area contributed by atoms with Gasteiger partial charge in [0, 0.05) is 20.9 Å². The van der Waals surface area contributed by atoms with Gasteiger partial charge in [0.25, 0.3) is 0 Å². The van der Waals surface area contributed by atoms with Gasteiger partial charge in [-0.1, -0.05) is 54.2 Å². The number of hydrogen-bond acceptors (Lipinski definition) is 2. The number of rotatable bonds is 7. The average Bonchev–Trinajstić information content (AvgIpc) is 2.96. The van der Waals surface area contributed by atoms with E-state index in [1.54, 1.807) is 24.3 Å². The molecule has 0 aliphatic carbocycles. The summed E-state index contributed by atoms with van der Waals surface area (Å²) in [5, 5.41) is 0. The molecule has 10 heteroatoms. The second kappa shape index (κ2) is 13.7. The van der Waals surface area contributed by atoms with E-state index in [1.165, 1.54) is 36.0 Å². The Kier molecular flexibility index (Phi) is 10.0. The van der Waals surface area contributed by atoms with Gasteiger partial charge in [0.05, 0.1) is 10.9 Å². The lowest BCUT2D eigenvalue weighted by atomic mass is 10.0. The Balaban J connectivity index is 0.000000714. The van der Waals surface area contributed by atoms with Crippen molar-refractivity contribution in [1.29, 1.82) is 0 Å². The van der Waals surface area contributed by atoms with E-state index in [1.807, 2.05) is 78.9 Å². The van der Waals surface area contributed by atoms with Gasteiger partial charge in [-0.3, -0.25) is 4.79 Å². The summed E-state index contributed by atoms with van der Waals surface area (Å²) < 4.78 is 66.2. The quantitative estimate of drug-likeness (QED) is 0.0803. The molecule has 0 atom stereocenters. The van der Waals surface area contributed by atoms with Crippen LogP contribution in [0, 0.1) is 11.6 Å². The van der Waals surface area contributed by atoms with Crippen molar-refractivity contribution in [3.8, 4) is 0 Å². The maximum absolute atomic E-state index is 13.6. The van der Waals surface area contributed by atoms with E-state index in [-0.39, 0.29) is 17.4 Å². The van der Waals surface area contributed by atoms with E-state index in [0.717, 1.165) is 24.5 Å². The molecule has 1 nitrogen and oxygen atoms in total. The van der Waals surface area contributed by atoms with Crippen LogP contribution >= 0.6 is 11.8 Å². The summed E-state index contributed by atoms with van der Waals surface area (Å²) in [6, 6.07) is 37.9. The van der Waals surface area contributed by atoms with Gasteiger partial charge in [-0.25, -0.2) is 8.78 Å². The SMILES string of the molecule is F[B-](F)(F)F.O=C(c1ccccc1)c1ccccc1Sc1ccc([S+](c2ccc(F)cc2)c2ccc(F)cc2)cc1. The van der Waals surface area contributed by atoms with Gasteiger partial charge in [0.1, 0.15) is 11.6 Å². The molecule has 5 aromatic rings. The molecule has 0 bridgehead atoms. The van der Waals surface area contributed by atoms with E-state index in [4.69, 9.17) is 0 Å². The van der Waals surface area contributed by atoms with E-state index in [9.17, 15) is 30.8 Å². The van der Waals surface area contributed by atoms with E-state index in [2.05, 4.69) is 0 Å². The first-order valence-corrected chi connectivity index (χ1v) is 14.2. The van der Waals surface area contributed by atoms with E-state index >= 15 is 0 Å². The van der Waals surface area contributed by atoms with Crippen LogP contribution in [-0.2, 0) is 10.9 Å². The first-order valence-electron chi connectivity index (χ1n) is 12.2. The molecule has 0 unspecified atom stereocenters. The Labute approximate surface area is 240 Å². The molecule has 208 valence electrons. The predicted octanol–water partition coefficient (Wildman–Crippen LogP) is 9.74. The number of ketones is 1. The summed E-state index contributed by atoms with van der Waals surface area (Å²) in [6.07, 6.45) is 0. The first-order chi connectivity index (χ1) is 19.6. The molecule has 0 saturated heterocycles. The van der Waals surface area contributed by atoms with Gasteiger partial charge in [0.15, 0.2) is 20.5 Å². The summed E-state index contributed by atoms with van der Waals surface area (Å²) in [4.78, 5) is 17.9. The van der Waals surface area contributed by atoms with E-state index in [0.29, 0.717) is 11.1 Å². The molecule has 0 amide bonds. The van der Waals surface area contributed by atoms with Crippen LogP contribution in [0.25, 0.3) is 0 Å². The van der Waals surface area contributed by atoms with Crippen LogP contribution in [0.1, 0.15) is 15.9 Å². The summed E-state index contributed by atoms with van der Waals surface area (Å²) in [5.41, 5.74) is 1.32. The predicted molar refractivity (Wildman–Crippen MR) is 152 cm³/mol. The lowest BCUT2D eigenvalue weighted by Crippen LogP contribution is -2.05. The average molecular weight is 598 g/mol. The largest absolute Gasteiger partial charge is 0.673 e. The molecule has 0 aromatic heterocycles. The third-order valence-electron chi connectivity index (χ3n) is 5.55. The molecule has 41 heavy (non-hydrogen) atoms. The molecule has 5 rings (SSSR count). The van der Waals surface area contributed by atoms with Crippen molar-refractivity contribution in [1.82, 2.24) is 0 Å². The number of carbonyl (C=O) groups is 1. The maximum Gasteiger partial charge on any atom is 0.673 e. The number of benzene rings is 5. The minimum Gasteiger partial charge on any atom is -0.418 e. The van der Waals surface area contributed by atoms with Gasteiger partial charge >= 0.3 is 7.25 Å². The van der Waals surface area contributed by atoms with Gasteiger partial charge in [-0.05, 0) is 84.9 Å².